The number of rotatable bonds is 1. The molecule has 94 valence electrons. The lowest BCUT2D eigenvalue weighted by molar-refractivity contribution is 0.543. The van der Waals surface area contributed by atoms with Crippen LogP contribution in [0.1, 0.15) is 26.6 Å². The summed E-state index contributed by atoms with van der Waals surface area (Å²) in [6.45, 7) is 6.10. The number of nitrogens with one attached hydrogen (secondary N) is 1. The minimum atomic E-state index is -0.174. The highest BCUT2D eigenvalue weighted by molar-refractivity contribution is 14.1. The molecule has 0 spiro atoms. The molecule has 0 aliphatic rings. The van der Waals surface area contributed by atoms with E-state index in [1.165, 1.54) is 0 Å². The smallest absolute Gasteiger partial charge is 0.264 e. The minimum Gasteiger partial charge on any atom is -0.309 e. The molecular weight excluding hydrogens is 339 g/mol. The summed E-state index contributed by atoms with van der Waals surface area (Å²) in [5.41, 5.74) is 1.48. The van der Waals surface area contributed by atoms with E-state index < -0.39 is 0 Å². The van der Waals surface area contributed by atoms with E-state index in [1.54, 1.807) is 0 Å². The van der Waals surface area contributed by atoms with Crippen molar-refractivity contribution >= 4 is 22.6 Å². The van der Waals surface area contributed by atoms with Crippen LogP contribution in [-0.4, -0.2) is 9.97 Å². The summed E-state index contributed by atoms with van der Waals surface area (Å²) in [5.74, 6) is 0.715. The summed E-state index contributed by atoms with van der Waals surface area (Å²) in [6.07, 6.45) is 0. The molecule has 1 aromatic heterocycles. The van der Waals surface area contributed by atoms with Crippen molar-refractivity contribution in [2.75, 3.05) is 0 Å². The summed E-state index contributed by atoms with van der Waals surface area (Å²) >= 11 is 2.05. The highest BCUT2D eigenvalue weighted by Crippen LogP contribution is 2.24. The molecule has 1 N–H and O–H groups in total. The second-order valence-electron chi connectivity index (χ2n) is 5.19. The van der Waals surface area contributed by atoms with Crippen LogP contribution in [0.15, 0.2) is 35.1 Å². The number of hydrogen-bond donors (Lipinski definition) is 1. The van der Waals surface area contributed by atoms with Crippen LogP contribution in [0.3, 0.4) is 0 Å². The Balaban J connectivity index is 2.68. The van der Waals surface area contributed by atoms with E-state index in [-0.39, 0.29) is 11.0 Å². The molecule has 2 aromatic rings. The first kappa shape index (κ1) is 13.3. The molecule has 0 saturated heterocycles. The molecule has 0 atom stereocenters. The van der Waals surface area contributed by atoms with Gasteiger partial charge in [-0.25, -0.2) is 4.98 Å². The monoisotopic (exact) mass is 354 g/mol. The summed E-state index contributed by atoms with van der Waals surface area (Å²) in [7, 11) is 0. The number of halogens is 1. The number of H-pyrrole nitrogens is 1. The molecule has 3 nitrogen and oxygen atoms in total. The molecule has 0 saturated carbocycles. The lowest BCUT2D eigenvalue weighted by atomic mass is 9.95. The van der Waals surface area contributed by atoms with Gasteiger partial charge in [-0.2, -0.15) is 0 Å². The van der Waals surface area contributed by atoms with E-state index in [0.29, 0.717) is 9.39 Å². The topological polar surface area (TPSA) is 45.8 Å². The summed E-state index contributed by atoms with van der Waals surface area (Å²) < 4.78 is 0.631. The SMILES string of the molecule is CC(C)(C)c1nc(-c2ccccc2)c(I)c(=O)[nH]1. The standard InChI is InChI=1S/C14H15IN2O/c1-14(2,3)13-16-11(10(15)12(18)17-13)9-7-5-4-6-8-9/h4-8H,1-3H3,(H,16,17,18). The minimum absolute atomic E-state index is 0.0746. The van der Waals surface area contributed by atoms with Crippen molar-refractivity contribution < 1.29 is 0 Å². The van der Waals surface area contributed by atoms with Crippen LogP contribution in [0, 0.1) is 3.57 Å². The van der Waals surface area contributed by atoms with Gasteiger partial charge in [-0.15, -0.1) is 0 Å². The molecular formula is C14H15IN2O. The zero-order valence-corrected chi connectivity index (χ0v) is 12.8. The molecule has 0 unspecified atom stereocenters. The van der Waals surface area contributed by atoms with E-state index in [1.807, 2.05) is 73.7 Å². The first-order chi connectivity index (χ1) is 8.39. The zero-order valence-electron chi connectivity index (χ0n) is 10.6. The third-order valence-corrected chi connectivity index (χ3v) is 3.62. The fourth-order valence-electron chi connectivity index (χ4n) is 1.60. The normalized spacial score (nSPS) is 11.6. The molecule has 1 aromatic carbocycles. The largest absolute Gasteiger partial charge is 0.309 e. The van der Waals surface area contributed by atoms with E-state index in [9.17, 15) is 4.79 Å². The highest BCUT2D eigenvalue weighted by Gasteiger charge is 2.20. The zero-order chi connectivity index (χ0) is 13.3. The van der Waals surface area contributed by atoms with Crippen LogP contribution in [0.4, 0.5) is 0 Å². The van der Waals surface area contributed by atoms with Gasteiger partial charge in [0.2, 0.25) is 0 Å². The first-order valence-corrected chi connectivity index (χ1v) is 6.83. The Hall–Kier alpha value is -1.17. The van der Waals surface area contributed by atoms with E-state index >= 15 is 0 Å². The van der Waals surface area contributed by atoms with Gasteiger partial charge in [-0.05, 0) is 22.6 Å². The molecule has 2 rings (SSSR count). The summed E-state index contributed by atoms with van der Waals surface area (Å²) in [6, 6.07) is 9.79. The first-order valence-electron chi connectivity index (χ1n) is 5.75. The third-order valence-electron chi connectivity index (χ3n) is 2.62. The van der Waals surface area contributed by atoms with Gasteiger partial charge < -0.3 is 4.98 Å². The van der Waals surface area contributed by atoms with Crippen molar-refractivity contribution in [2.45, 2.75) is 26.2 Å². The van der Waals surface area contributed by atoms with Crippen LogP contribution in [-0.2, 0) is 5.41 Å². The fraction of sp³-hybridized carbons (Fsp3) is 0.286. The van der Waals surface area contributed by atoms with Crippen molar-refractivity contribution in [1.29, 1.82) is 0 Å². The van der Waals surface area contributed by atoms with Crippen LogP contribution >= 0.6 is 22.6 Å². The van der Waals surface area contributed by atoms with Crippen LogP contribution in [0.25, 0.3) is 11.3 Å². The maximum atomic E-state index is 12.0. The van der Waals surface area contributed by atoms with Gasteiger partial charge in [0.25, 0.3) is 5.56 Å². The van der Waals surface area contributed by atoms with Gasteiger partial charge in [-0.3, -0.25) is 4.79 Å². The Kier molecular flexibility index (Phi) is 3.56. The second-order valence-corrected chi connectivity index (χ2v) is 6.27. The number of hydrogen-bond acceptors (Lipinski definition) is 2. The van der Waals surface area contributed by atoms with Gasteiger partial charge >= 0.3 is 0 Å². The number of benzene rings is 1. The van der Waals surface area contributed by atoms with Gasteiger partial charge in [0, 0.05) is 11.0 Å². The Labute approximate surface area is 120 Å². The maximum absolute atomic E-state index is 12.0. The quantitative estimate of drug-likeness (QED) is 0.799. The third kappa shape index (κ3) is 2.63. The molecule has 0 aliphatic heterocycles. The average molecular weight is 354 g/mol. The maximum Gasteiger partial charge on any atom is 0.264 e. The van der Waals surface area contributed by atoms with E-state index in [0.717, 1.165) is 11.3 Å². The van der Waals surface area contributed by atoms with Gasteiger partial charge in [0.15, 0.2) is 0 Å². The Morgan fingerprint density at radius 2 is 1.78 bits per heavy atom. The molecule has 0 amide bonds. The van der Waals surface area contributed by atoms with Gasteiger partial charge in [0.1, 0.15) is 9.39 Å². The predicted molar refractivity (Wildman–Crippen MR) is 81.7 cm³/mol. The van der Waals surface area contributed by atoms with Crippen molar-refractivity contribution in [2.24, 2.45) is 0 Å². The Bertz CT molecular complexity index is 612. The Morgan fingerprint density at radius 3 is 2.33 bits per heavy atom. The predicted octanol–water partition coefficient (Wildman–Crippen LogP) is 3.34. The van der Waals surface area contributed by atoms with Gasteiger partial charge in [0.05, 0.1) is 5.69 Å². The average Bonchev–Trinajstić information content (AvgIpc) is 2.32. The molecule has 1 heterocycles. The molecule has 0 fully saturated rings. The highest BCUT2D eigenvalue weighted by atomic mass is 127. The Morgan fingerprint density at radius 1 is 1.17 bits per heavy atom. The summed E-state index contributed by atoms with van der Waals surface area (Å²) in [4.78, 5) is 19.4. The fourth-order valence-corrected chi connectivity index (χ4v) is 2.17. The molecule has 18 heavy (non-hydrogen) atoms. The molecule has 0 aliphatic carbocycles. The number of aromatic nitrogens is 2. The van der Waals surface area contributed by atoms with Crippen molar-refractivity contribution in [1.82, 2.24) is 9.97 Å². The van der Waals surface area contributed by atoms with E-state index in [4.69, 9.17) is 0 Å². The second kappa shape index (κ2) is 4.84. The summed E-state index contributed by atoms with van der Waals surface area (Å²) in [5, 5.41) is 0. The van der Waals surface area contributed by atoms with E-state index in [2.05, 4.69) is 9.97 Å². The van der Waals surface area contributed by atoms with Crippen LogP contribution in [0.5, 0.6) is 0 Å². The molecule has 4 heteroatoms. The molecule has 0 bridgehead atoms. The van der Waals surface area contributed by atoms with Gasteiger partial charge in [-0.1, -0.05) is 51.1 Å². The van der Waals surface area contributed by atoms with Crippen LogP contribution in [0.2, 0.25) is 0 Å². The number of nitrogens with zero attached hydrogens (tertiary/aromatic N) is 1. The van der Waals surface area contributed by atoms with Crippen molar-refractivity contribution in [3.8, 4) is 11.3 Å². The lowest BCUT2D eigenvalue weighted by Gasteiger charge is -2.18. The molecule has 0 radical (unpaired) electrons. The lowest BCUT2D eigenvalue weighted by Crippen LogP contribution is -2.24. The van der Waals surface area contributed by atoms with Crippen molar-refractivity contribution in [3.63, 3.8) is 0 Å². The number of aromatic amines is 1. The van der Waals surface area contributed by atoms with Crippen molar-refractivity contribution in [3.05, 3.63) is 50.1 Å². The van der Waals surface area contributed by atoms with Crippen LogP contribution < -0.4 is 5.56 Å².